The summed E-state index contributed by atoms with van der Waals surface area (Å²) in [4.78, 5) is 29.2. The third-order valence-electron chi connectivity index (χ3n) is 5.61. The summed E-state index contributed by atoms with van der Waals surface area (Å²) in [5, 5.41) is 10.6. The van der Waals surface area contributed by atoms with E-state index in [0.29, 0.717) is 56.6 Å². The van der Waals surface area contributed by atoms with E-state index < -0.39 is 5.60 Å². The number of amides is 2. The molecule has 1 N–H and O–H groups in total. The maximum absolute atomic E-state index is 12.9. The highest BCUT2D eigenvalue weighted by molar-refractivity contribution is 5.97. The zero-order valence-corrected chi connectivity index (χ0v) is 15.6. The molecule has 8 heteroatoms. The van der Waals surface area contributed by atoms with Crippen LogP contribution in [-0.4, -0.2) is 75.4 Å². The van der Waals surface area contributed by atoms with E-state index in [0.717, 1.165) is 18.5 Å². The summed E-state index contributed by atoms with van der Waals surface area (Å²) in [5.41, 5.74) is 1.61. The fraction of sp³-hybridized carbons (Fsp3) is 0.579. The lowest BCUT2D eigenvalue weighted by atomic mass is 9.87. The zero-order chi connectivity index (χ0) is 18.9. The number of piperidine rings is 1. The van der Waals surface area contributed by atoms with Crippen molar-refractivity contribution < 1.29 is 14.3 Å². The quantitative estimate of drug-likeness (QED) is 0.885. The Balaban J connectivity index is 1.42. The standard InChI is InChI=1S/C19H25N5O3/c1-2-7-23-10-11-27-19(13-17(23)25)5-8-24(9-6-19)18(26)14-3-4-15-16(12-14)21-22-20-15/h3-4,12H,2,5-11,13H2,1H3,(H,20,21,22). The smallest absolute Gasteiger partial charge is 0.253 e. The average molecular weight is 371 g/mol. The van der Waals surface area contributed by atoms with Gasteiger partial charge in [0.05, 0.1) is 18.6 Å². The molecule has 2 aliphatic rings. The normalized spacial score (nSPS) is 20.3. The summed E-state index contributed by atoms with van der Waals surface area (Å²) in [5.74, 6) is 0.160. The lowest BCUT2D eigenvalue weighted by Crippen LogP contribution is -2.49. The van der Waals surface area contributed by atoms with Crippen LogP contribution in [0.2, 0.25) is 0 Å². The topological polar surface area (TPSA) is 91.4 Å². The molecule has 1 spiro atoms. The molecule has 0 atom stereocenters. The van der Waals surface area contributed by atoms with Crippen LogP contribution in [0.15, 0.2) is 18.2 Å². The fourth-order valence-corrected chi connectivity index (χ4v) is 4.04. The molecular weight excluding hydrogens is 346 g/mol. The Morgan fingerprint density at radius 2 is 2.00 bits per heavy atom. The van der Waals surface area contributed by atoms with Crippen LogP contribution in [0.5, 0.6) is 0 Å². The summed E-state index contributed by atoms with van der Waals surface area (Å²) >= 11 is 0. The highest BCUT2D eigenvalue weighted by atomic mass is 16.5. The first kappa shape index (κ1) is 17.9. The number of nitrogens with one attached hydrogen (secondary N) is 1. The van der Waals surface area contributed by atoms with Gasteiger partial charge in [-0.2, -0.15) is 15.4 Å². The Kier molecular flexibility index (Phi) is 4.82. The fourth-order valence-electron chi connectivity index (χ4n) is 4.04. The van der Waals surface area contributed by atoms with Crippen LogP contribution >= 0.6 is 0 Å². The van der Waals surface area contributed by atoms with Crippen LogP contribution in [0.4, 0.5) is 0 Å². The summed E-state index contributed by atoms with van der Waals surface area (Å²) in [6.45, 7) is 5.29. The van der Waals surface area contributed by atoms with E-state index in [9.17, 15) is 9.59 Å². The first-order valence-corrected chi connectivity index (χ1v) is 9.62. The van der Waals surface area contributed by atoms with Crippen molar-refractivity contribution in [2.75, 3.05) is 32.8 Å². The number of benzene rings is 1. The minimum Gasteiger partial charge on any atom is -0.372 e. The molecule has 2 saturated heterocycles. The zero-order valence-electron chi connectivity index (χ0n) is 15.6. The molecule has 0 unspecified atom stereocenters. The number of carbonyl (C=O) groups is 2. The Hall–Kier alpha value is -2.48. The second-order valence-corrected chi connectivity index (χ2v) is 7.41. The van der Waals surface area contributed by atoms with Crippen molar-refractivity contribution >= 4 is 22.8 Å². The van der Waals surface area contributed by atoms with Crippen LogP contribution in [0.25, 0.3) is 11.0 Å². The molecule has 0 aliphatic carbocycles. The molecule has 4 rings (SSSR count). The van der Waals surface area contributed by atoms with Gasteiger partial charge in [-0.05, 0) is 37.5 Å². The van der Waals surface area contributed by atoms with Gasteiger partial charge in [-0.25, -0.2) is 0 Å². The van der Waals surface area contributed by atoms with E-state index in [4.69, 9.17) is 4.74 Å². The minimum absolute atomic E-state index is 0.0118. The van der Waals surface area contributed by atoms with Crippen molar-refractivity contribution in [3.63, 3.8) is 0 Å². The first-order chi connectivity index (χ1) is 13.1. The molecule has 3 heterocycles. The Morgan fingerprint density at radius 3 is 2.78 bits per heavy atom. The SMILES string of the molecule is CCCN1CCOC2(CCN(C(=O)c3ccc4n[nH]nc4c3)CC2)CC1=O. The number of H-pyrrole nitrogens is 1. The second-order valence-electron chi connectivity index (χ2n) is 7.41. The Morgan fingerprint density at radius 1 is 1.22 bits per heavy atom. The van der Waals surface area contributed by atoms with Crippen molar-refractivity contribution in [1.29, 1.82) is 0 Å². The van der Waals surface area contributed by atoms with E-state index in [2.05, 4.69) is 22.3 Å². The second kappa shape index (κ2) is 7.26. The molecule has 2 aliphatic heterocycles. The first-order valence-electron chi connectivity index (χ1n) is 9.62. The number of likely N-dealkylation sites (tertiary alicyclic amines) is 1. The number of ether oxygens (including phenoxy) is 1. The van der Waals surface area contributed by atoms with E-state index in [-0.39, 0.29) is 11.8 Å². The van der Waals surface area contributed by atoms with E-state index >= 15 is 0 Å². The molecule has 27 heavy (non-hydrogen) atoms. The van der Waals surface area contributed by atoms with Gasteiger partial charge >= 0.3 is 0 Å². The van der Waals surface area contributed by atoms with E-state index in [1.165, 1.54) is 0 Å². The van der Waals surface area contributed by atoms with E-state index in [1.54, 1.807) is 18.2 Å². The van der Waals surface area contributed by atoms with Crippen molar-refractivity contribution in [2.24, 2.45) is 0 Å². The van der Waals surface area contributed by atoms with Gasteiger partial charge in [-0.3, -0.25) is 9.59 Å². The van der Waals surface area contributed by atoms with Crippen molar-refractivity contribution in [3.8, 4) is 0 Å². The predicted molar refractivity (Wildman–Crippen MR) is 99.2 cm³/mol. The number of aromatic nitrogens is 3. The van der Waals surface area contributed by atoms with Crippen LogP contribution in [0.1, 0.15) is 43.0 Å². The summed E-state index contributed by atoms with van der Waals surface area (Å²) < 4.78 is 6.14. The maximum atomic E-state index is 12.9. The highest BCUT2D eigenvalue weighted by Crippen LogP contribution is 2.33. The van der Waals surface area contributed by atoms with Crippen LogP contribution in [0.3, 0.4) is 0 Å². The summed E-state index contributed by atoms with van der Waals surface area (Å²) in [6.07, 6.45) is 2.75. The molecule has 0 radical (unpaired) electrons. The molecule has 2 fully saturated rings. The van der Waals surface area contributed by atoms with Gasteiger partial charge in [-0.15, -0.1) is 0 Å². The Labute approximate surface area is 157 Å². The largest absolute Gasteiger partial charge is 0.372 e. The van der Waals surface area contributed by atoms with Gasteiger partial charge < -0.3 is 14.5 Å². The molecule has 2 aromatic rings. The van der Waals surface area contributed by atoms with Gasteiger partial charge in [0.1, 0.15) is 11.0 Å². The van der Waals surface area contributed by atoms with Gasteiger partial charge in [0.15, 0.2) is 0 Å². The molecule has 144 valence electrons. The third-order valence-corrected chi connectivity index (χ3v) is 5.61. The number of nitrogens with zero attached hydrogens (tertiary/aromatic N) is 4. The van der Waals surface area contributed by atoms with Gasteiger partial charge in [0.2, 0.25) is 5.91 Å². The lowest BCUT2D eigenvalue weighted by Gasteiger charge is -2.40. The number of carbonyl (C=O) groups excluding carboxylic acids is 2. The van der Waals surface area contributed by atoms with Crippen LogP contribution < -0.4 is 0 Å². The molecule has 0 saturated carbocycles. The number of hydrogen-bond donors (Lipinski definition) is 1. The molecule has 1 aromatic carbocycles. The molecule has 1 aromatic heterocycles. The third kappa shape index (κ3) is 3.53. The van der Waals surface area contributed by atoms with Gasteiger partial charge in [0, 0.05) is 31.7 Å². The molecule has 0 bridgehead atoms. The maximum Gasteiger partial charge on any atom is 0.253 e. The molecular formula is C19H25N5O3. The number of aromatic amines is 1. The van der Waals surface area contributed by atoms with Crippen molar-refractivity contribution in [3.05, 3.63) is 23.8 Å². The van der Waals surface area contributed by atoms with Crippen LogP contribution in [0, 0.1) is 0 Å². The Bertz CT molecular complexity index is 841. The van der Waals surface area contributed by atoms with Crippen molar-refractivity contribution in [1.82, 2.24) is 25.2 Å². The molecule has 2 amide bonds. The van der Waals surface area contributed by atoms with Gasteiger partial charge in [0.25, 0.3) is 5.91 Å². The minimum atomic E-state index is -0.424. The average Bonchev–Trinajstić information content (AvgIpc) is 3.09. The monoisotopic (exact) mass is 371 g/mol. The summed E-state index contributed by atoms with van der Waals surface area (Å²) in [6, 6.07) is 5.35. The number of fused-ring (bicyclic) bond motifs is 1. The van der Waals surface area contributed by atoms with E-state index in [1.807, 2.05) is 9.80 Å². The highest BCUT2D eigenvalue weighted by Gasteiger charge is 2.41. The lowest BCUT2D eigenvalue weighted by molar-refractivity contribution is -0.135. The number of hydrogen-bond acceptors (Lipinski definition) is 5. The van der Waals surface area contributed by atoms with Gasteiger partial charge in [-0.1, -0.05) is 6.92 Å². The van der Waals surface area contributed by atoms with Crippen molar-refractivity contribution in [2.45, 2.75) is 38.2 Å². The van der Waals surface area contributed by atoms with Crippen LogP contribution in [-0.2, 0) is 9.53 Å². The molecule has 8 nitrogen and oxygen atoms in total. The number of rotatable bonds is 3. The summed E-state index contributed by atoms with van der Waals surface area (Å²) in [7, 11) is 0. The predicted octanol–water partition coefficient (Wildman–Crippen LogP) is 1.59.